The fourth-order valence-electron chi connectivity index (χ4n) is 4.71. The lowest BCUT2D eigenvalue weighted by Crippen LogP contribution is -2.53. The SMILES string of the molecule is Cc1cnccc1C1CCC(CCNC2(C(N)=O)CCCC2)CC1. The number of primary amides is 1. The second kappa shape index (κ2) is 7.64. The topological polar surface area (TPSA) is 68.0 Å². The highest BCUT2D eigenvalue weighted by Crippen LogP contribution is 2.38. The van der Waals surface area contributed by atoms with Crippen molar-refractivity contribution in [2.45, 2.75) is 76.2 Å². The van der Waals surface area contributed by atoms with Gasteiger partial charge in [0.1, 0.15) is 0 Å². The van der Waals surface area contributed by atoms with Crippen molar-refractivity contribution in [2.24, 2.45) is 11.7 Å². The number of hydrogen-bond donors (Lipinski definition) is 2. The van der Waals surface area contributed by atoms with Gasteiger partial charge in [0.2, 0.25) is 5.91 Å². The molecule has 0 bridgehead atoms. The van der Waals surface area contributed by atoms with Gasteiger partial charge in [-0.3, -0.25) is 9.78 Å². The summed E-state index contributed by atoms with van der Waals surface area (Å²) in [6.45, 7) is 3.09. The van der Waals surface area contributed by atoms with Gasteiger partial charge < -0.3 is 11.1 Å². The number of aryl methyl sites for hydroxylation is 1. The number of rotatable bonds is 6. The highest BCUT2D eigenvalue weighted by Gasteiger charge is 2.38. The van der Waals surface area contributed by atoms with Crippen molar-refractivity contribution in [3.63, 3.8) is 0 Å². The number of amides is 1. The maximum Gasteiger partial charge on any atom is 0.237 e. The molecule has 2 saturated carbocycles. The van der Waals surface area contributed by atoms with Gasteiger partial charge >= 0.3 is 0 Å². The molecule has 2 aliphatic rings. The minimum absolute atomic E-state index is 0.156. The summed E-state index contributed by atoms with van der Waals surface area (Å²) >= 11 is 0. The highest BCUT2D eigenvalue weighted by molar-refractivity contribution is 5.85. The number of nitrogens with two attached hydrogens (primary N) is 1. The van der Waals surface area contributed by atoms with E-state index in [1.807, 2.05) is 12.4 Å². The number of carbonyl (C=O) groups is 1. The molecule has 1 aromatic rings. The van der Waals surface area contributed by atoms with Crippen LogP contribution in [0.4, 0.5) is 0 Å². The zero-order chi connectivity index (χ0) is 17.0. The first-order valence-electron chi connectivity index (χ1n) is 9.56. The Morgan fingerprint density at radius 1 is 1.29 bits per heavy atom. The average Bonchev–Trinajstić information content (AvgIpc) is 3.06. The Labute approximate surface area is 145 Å². The standard InChI is InChI=1S/C20H31N3O/c1-15-14-22-12-9-18(15)17-6-4-16(5-7-17)8-13-23-20(19(21)24)10-2-3-11-20/h9,12,14,16-17,23H,2-8,10-11,13H2,1H3,(H2,21,24). The van der Waals surface area contributed by atoms with E-state index in [-0.39, 0.29) is 5.91 Å². The average molecular weight is 329 g/mol. The number of nitrogens with zero attached hydrogens (tertiary/aromatic N) is 1. The van der Waals surface area contributed by atoms with Crippen LogP contribution < -0.4 is 11.1 Å². The van der Waals surface area contributed by atoms with Crippen LogP contribution in [0.3, 0.4) is 0 Å². The van der Waals surface area contributed by atoms with Gasteiger partial charge in [-0.2, -0.15) is 0 Å². The van der Waals surface area contributed by atoms with E-state index in [0.717, 1.165) is 44.6 Å². The first-order chi connectivity index (χ1) is 11.6. The van der Waals surface area contributed by atoms with Crippen LogP contribution in [0.2, 0.25) is 0 Å². The number of hydrogen-bond acceptors (Lipinski definition) is 3. The second-order valence-electron chi connectivity index (χ2n) is 7.82. The third-order valence-corrected chi connectivity index (χ3v) is 6.30. The van der Waals surface area contributed by atoms with E-state index in [9.17, 15) is 4.79 Å². The van der Waals surface area contributed by atoms with E-state index in [4.69, 9.17) is 5.73 Å². The maximum atomic E-state index is 11.8. The fourth-order valence-corrected chi connectivity index (χ4v) is 4.71. The summed E-state index contributed by atoms with van der Waals surface area (Å²) in [6, 6.07) is 2.19. The fraction of sp³-hybridized carbons (Fsp3) is 0.700. The van der Waals surface area contributed by atoms with Gasteiger partial charge in [-0.25, -0.2) is 0 Å². The molecule has 132 valence electrons. The largest absolute Gasteiger partial charge is 0.368 e. The van der Waals surface area contributed by atoms with Crippen LogP contribution in [0, 0.1) is 12.8 Å². The third kappa shape index (κ3) is 3.80. The molecule has 1 amide bonds. The van der Waals surface area contributed by atoms with Crippen molar-refractivity contribution in [3.8, 4) is 0 Å². The molecule has 0 aliphatic heterocycles. The lowest BCUT2D eigenvalue weighted by Gasteiger charge is -2.31. The molecule has 0 aromatic carbocycles. The zero-order valence-corrected chi connectivity index (χ0v) is 14.9. The Bertz CT molecular complexity index is 558. The maximum absolute atomic E-state index is 11.8. The molecule has 0 radical (unpaired) electrons. The van der Waals surface area contributed by atoms with Crippen molar-refractivity contribution in [3.05, 3.63) is 29.6 Å². The van der Waals surface area contributed by atoms with Crippen LogP contribution in [0.5, 0.6) is 0 Å². The predicted octanol–water partition coefficient (Wildman–Crippen LogP) is 3.44. The molecule has 24 heavy (non-hydrogen) atoms. The summed E-state index contributed by atoms with van der Waals surface area (Å²) in [5, 5.41) is 3.51. The van der Waals surface area contributed by atoms with Crippen LogP contribution in [0.1, 0.15) is 74.8 Å². The number of nitrogens with one attached hydrogen (secondary N) is 1. The predicted molar refractivity (Wildman–Crippen MR) is 96.7 cm³/mol. The molecule has 3 N–H and O–H groups in total. The molecule has 0 atom stereocenters. The van der Waals surface area contributed by atoms with Gasteiger partial charge in [0.05, 0.1) is 5.54 Å². The molecular weight excluding hydrogens is 298 g/mol. The summed E-state index contributed by atoms with van der Waals surface area (Å²) < 4.78 is 0. The normalized spacial score (nSPS) is 26.4. The molecule has 0 spiro atoms. The summed E-state index contributed by atoms with van der Waals surface area (Å²) in [5.41, 5.74) is 8.04. The molecule has 1 heterocycles. The van der Waals surface area contributed by atoms with Crippen molar-refractivity contribution in [1.29, 1.82) is 0 Å². The van der Waals surface area contributed by atoms with Gasteiger partial charge in [0.15, 0.2) is 0 Å². The number of carbonyl (C=O) groups excluding carboxylic acids is 1. The lowest BCUT2D eigenvalue weighted by atomic mass is 9.77. The van der Waals surface area contributed by atoms with Crippen LogP contribution >= 0.6 is 0 Å². The number of aromatic nitrogens is 1. The first-order valence-corrected chi connectivity index (χ1v) is 9.56. The molecular formula is C20H31N3O. The summed E-state index contributed by atoms with van der Waals surface area (Å²) in [6.07, 6.45) is 14.3. The summed E-state index contributed by atoms with van der Waals surface area (Å²) in [5.74, 6) is 1.32. The first kappa shape index (κ1) is 17.4. The quantitative estimate of drug-likeness (QED) is 0.840. The Morgan fingerprint density at radius 2 is 2.00 bits per heavy atom. The summed E-state index contributed by atoms with van der Waals surface area (Å²) in [4.78, 5) is 16.0. The minimum Gasteiger partial charge on any atom is -0.368 e. The molecule has 1 aromatic heterocycles. The number of pyridine rings is 1. The van der Waals surface area contributed by atoms with Crippen LogP contribution in [0.15, 0.2) is 18.5 Å². The van der Waals surface area contributed by atoms with Crippen LogP contribution in [0.25, 0.3) is 0 Å². The van der Waals surface area contributed by atoms with E-state index in [0.29, 0.717) is 5.92 Å². The van der Waals surface area contributed by atoms with Crippen molar-refractivity contribution < 1.29 is 4.79 Å². The highest BCUT2D eigenvalue weighted by atomic mass is 16.1. The van der Waals surface area contributed by atoms with Gasteiger partial charge in [-0.15, -0.1) is 0 Å². The Hall–Kier alpha value is -1.42. The Balaban J connectivity index is 1.44. The van der Waals surface area contributed by atoms with Gasteiger partial charge in [0.25, 0.3) is 0 Å². The molecule has 4 nitrogen and oxygen atoms in total. The van der Waals surface area contributed by atoms with Gasteiger partial charge in [0, 0.05) is 12.4 Å². The van der Waals surface area contributed by atoms with E-state index in [1.165, 1.54) is 36.8 Å². The molecule has 2 aliphatic carbocycles. The van der Waals surface area contributed by atoms with Crippen molar-refractivity contribution >= 4 is 5.91 Å². The van der Waals surface area contributed by atoms with E-state index in [1.54, 1.807) is 0 Å². The molecule has 0 saturated heterocycles. The van der Waals surface area contributed by atoms with E-state index in [2.05, 4.69) is 23.3 Å². The van der Waals surface area contributed by atoms with Crippen LogP contribution in [-0.2, 0) is 4.79 Å². The third-order valence-electron chi connectivity index (χ3n) is 6.30. The minimum atomic E-state index is -0.411. The smallest absolute Gasteiger partial charge is 0.237 e. The summed E-state index contributed by atoms with van der Waals surface area (Å²) in [7, 11) is 0. The molecule has 2 fully saturated rings. The molecule has 3 rings (SSSR count). The zero-order valence-electron chi connectivity index (χ0n) is 14.9. The monoisotopic (exact) mass is 329 g/mol. The second-order valence-corrected chi connectivity index (χ2v) is 7.82. The van der Waals surface area contributed by atoms with Gasteiger partial charge in [-0.05, 0) is 87.4 Å². The molecule has 0 unspecified atom stereocenters. The Morgan fingerprint density at radius 3 is 2.62 bits per heavy atom. The lowest BCUT2D eigenvalue weighted by molar-refractivity contribution is -0.124. The Kier molecular flexibility index (Phi) is 5.54. The van der Waals surface area contributed by atoms with Crippen LogP contribution in [-0.4, -0.2) is 23.0 Å². The van der Waals surface area contributed by atoms with E-state index < -0.39 is 5.54 Å². The van der Waals surface area contributed by atoms with Crippen molar-refractivity contribution in [2.75, 3.05) is 6.54 Å². The van der Waals surface area contributed by atoms with Gasteiger partial charge in [-0.1, -0.05) is 12.8 Å². The van der Waals surface area contributed by atoms with E-state index >= 15 is 0 Å². The van der Waals surface area contributed by atoms with Crippen molar-refractivity contribution in [1.82, 2.24) is 10.3 Å². The molecule has 4 heteroatoms.